The molecule has 3 nitrogen and oxygen atoms in total. The lowest BCUT2D eigenvalue weighted by molar-refractivity contribution is 0.985. The molecule has 2 heterocycles. The lowest BCUT2D eigenvalue weighted by Gasteiger charge is -2.13. The fourth-order valence-corrected chi connectivity index (χ4v) is 6.51. The number of benzene rings is 6. The quantitative estimate of drug-likeness (QED) is 0.227. The monoisotopic (exact) mass is 521 g/mol. The first-order chi connectivity index (χ1) is 20.3. The largest absolute Gasteiger partial charge is 0.285 e. The SMILES string of the molecule is c1ccc(-c2nc(-n3cc4c5c(cccc53)-c3ccccc3-c3cc5ccccc5cc3-4)nc3ccccc23)cc1. The van der Waals surface area contributed by atoms with E-state index in [1.165, 1.54) is 49.5 Å². The van der Waals surface area contributed by atoms with E-state index in [0.717, 1.165) is 27.7 Å². The van der Waals surface area contributed by atoms with Crippen molar-refractivity contribution in [2.24, 2.45) is 0 Å². The average molecular weight is 522 g/mol. The third-order valence-electron chi connectivity index (χ3n) is 8.37. The number of fused-ring (bicyclic) bond motifs is 7. The number of para-hydroxylation sites is 1. The highest BCUT2D eigenvalue weighted by Gasteiger charge is 2.25. The average Bonchev–Trinajstić information content (AvgIpc) is 3.39. The summed E-state index contributed by atoms with van der Waals surface area (Å²) in [6, 6.07) is 47.4. The van der Waals surface area contributed by atoms with Crippen LogP contribution in [0.1, 0.15) is 0 Å². The Bertz CT molecular complexity index is 2310. The Hall–Kier alpha value is -5.54. The zero-order chi connectivity index (χ0) is 26.9. The van der Waals surface area contributed by atoms with Crippen LogP contribution in [0.25, 0.3) is 83.2 Å². The molecule has 0 bridgehead atoms. The highest BCUT2D eigenvalue weighted by Crippen LogP contribution is 2.49. The second-order valence-electron chi connectivity index (χ2n) is 10.7. The maximum atomic E-state index is 5.21. The molecule has 0 radical (unpaired) electrons. The van der Waals surface area contributed by atoms with E-state index in [1.807, 2.05) is 12.1 Å². The summed E-state index contributed by atoms with van der Waals surface area (Å²) in [6.45, 7) is 0. The van der Waals surface area contributed by atoms with Gasteiger partial charge in [0.15, 0.2) is 0 Å². The third-order valence-corrected chi connectivity index (χ3v) is 8.37. The molecule has 0 spiro atoms. The molecule has 1 aliphatic carbocycles. The number of rotatable bonds is 2. The predicted octanol–water partition coefficient (Wildman–Crippen LogP) is 9.71. The highest BCUT2D eigenvalue weighted by molar-refractivity contribution is 6.15. The van der Waals surface area contributed by atoms with Crippen LogP contribution in [-0.2, 0) is 0 Å². The van der Waals surface area contributed by atoms with Crippen LogP contribution in [0, 0.1) is 0 Å². The molecule has 41 heavy (non-hydrogen) atoms. The predicted molar refractivity (Wildman–Crippen MR) is 169 cm³/mol. The van der Waals surface area contributed by atoms with Crippen molar-refractivity contribution >= 4 is 32.6 Å². The van der Waals surface area contributed by atoms with Gasteiger partial charge in [-0.2, -0.15) is 0 Å². The van der Waals surface area contributed by atoms with E-state index in [0.29, 0.717) is 5.95 Å². The fourth-order valence-electron chi connectivity index (χ4n) is 6.51. The van der Waals surface area contributed by atoms with Gasteiger partial charge in [-0.1, -0.05) is 109 Å². The van der Waals surface area contributed by atoms with Gasteiger partial charge in [-0.25, -0.2) is 9.97 Å². The number of hydrogen-bond donors (Lipinski definition) is 0. The molecule has 0 unspecified atom stereocenters. The molecular weight excluding hydrogens is 498 g/mol. The summed E-state index contributed by atoms with van der Waals surface area (Å²) in [7, 11) is 0. The van der Waals surface area contributed by atoms with E-state index in [4.69, 9.17) is 9.97 Å². The summed E-state index contributed by atoms with van der Waals surface area (Å²) in [4.78, 5) is 10.3. The molecule has 190 valence electrons. The minimum atomic E-state index is 0.673. The van der Waals surface area contributed by atoms with E-state index in [1.54, 1.807) is 0 Å². The molecule has 0 aliphatic heterocycles. The van der Waals surface area contributed by atoms with Gasteiger partial charge >= 0.3 is 0 Å². The van der Waals surface area contributed by atoms with Crippen LogP contribution in [0.5, 0.6) is 0 Å². The first-order valence-electron chi connectivity index (χ1n) is 13.9. The van der Waals surface area contributed by atoms with Crippen LogP contribution in [0.4, 0.5) is 0 Å². The smallest absolute Gasteiger partial charge is 0.235 e. The molecule has 0 saturated carbocycles. The second-order valence-corrected chi connectivity index (χ2v) is 10.7. The van der Waals surface area contributed by atoms with Crippen molar-refractivity contribution in [2.75, 3.05) is 0 Å². The number of nitrogens with zero attached hydrogens (tertiary/aromatic N) is 3. The van der Waals surface area contributed by atoms with Crippen molar-refractivity contribution in [1.82, 2.24) is 14.5 Å². The second kappa shape index (κ2) is 8.48. The molecular formula is C38H23N3. The molecule has 2 aromatic heterocycles. The van der Waals surface area contributed by atoms with Crippen LogP contribution in [0.2, 0.25) is 0 Å². The van der Waals surface area contributed by atoms with Crippen molar-refractivity contribution in [2.45, 2.75) is 0 Å². The summed E-state index contributed by atoms with van der Waals surface area (Å²) >= 11 is 0. The topological polar surface area (TPSA) is 30.7 Å². The Balaban J connectivity index is 1.40. The summed E-state index contributed by atoms with van der Waals surface area (Å²) in [5, 5.41) is 4.75. The molecule has 3 heteroatoms. The van der Waals surface area contributed by atoms with Gasteiger partial charge in [0.1, 0.15) is 0 Å². The molecule has 8 aromatic rings. The lowest BCUT2D eigenvalue weighted by Crippen LogP contribution is -2.02. The normalized spacial score (nSPS) is 11.9. The third kappa shape index (κ3) is 3.26. The molecule has 0 amide bonds. The van der Waals surface area contributed by atoms with Crippen molar-refractivity contribution in [3.05, 3.63) is 140 Å². The Morgan fingerprint density at radius 2 is 1.10 bits per heavy atom. The van der Waals surface area contributed by atoms with Crippen molar-refractivity contribution in [3.63, 3.8) is 0 Å². The van der Waals surface area contributed by atoms with Crippen molar-refractivity contribution in [1.29, 1.82) is 0 Å². The van der Waals surface area contributed by atoms with Gasteiger partial charge in [0.05, 0.1) is 16.7 Å². The van der Waals surface area contributed by atoms with Gasteiger partial charge in [0.25, 0.3) is 0 Å². The van der Waals surface area contributed by atoms with Crippen LogP contribution < -0.4 is 0 Å². The van der Waals surface area contributed by atoms with Crippen LogP contribution >= 0.6 is 0 Å². The Labute approximate surface area is 237 Å². The molecule has 6 aromatic carbocycles. The first kappa shape index (κ1) is 22.3. The Kier molecular flexibility index (Phi) is 4.61. The Morgan fingerprint density at radius 3 is 1.90 bits per heavy atom. The molecule has 0 fully saturated rings. The molecule has 1 aliphatic rings. The van der Waals surface area contributed by atoms with Gasteiger partial charge < -0.3 is 0 Å². The maximum Gasteiger partial charge on any atom is 0.235 e. The van der Waals surface area contributed by atoms with E-state index < -0.39 is 0 Å². The summed E-state index contributed by atoms with van der Waals surface area (Å²) < 4.78 is 2.18. The standard InChI is InChI=1S/C38H23N3/c1-2-11-24(12-3-1)37-30-17-8-9-19-34(30)39-38(40-37)41-23-33-32-22-26-14-5-4-13-25(26)21-31(32)28-16-7-6-15-27(28)29-18-10-20-35(41)36(29)33/h1-23H. The minimum absolute atomic E-state index is 0.673. The summed E-state index contributed by atoms with van der Waals surface area (Å²) in [5.74, 6) is 0.673. The molecule has 9 rings (SSSR count). The maximum absolute atomic E-state index is 5.21. The van der Waals surface area contributed by atoms with Gasteiger partial charge in [0.2, 0.25) is 5.95 Å². The minimum Gasteiger partial charge on any atom is -0.285 e. The number of aromatic nitrogens is 3. The van der Waals surface area contributed by atoms with Crippen LogP contribution in [0.3, 0.4) is 0 Å². The van der Waals surface area contributed by atoms with Gasteiger partial charge in [-0.3, -0.25) is 4.57 Å². The first-order valence-corrected chi connectivity index (χ1v) is 13.9. The van der Waals surface area contributed by atoms with Crippen molar-refractivity contribution < 1.29 is 0 Å². The molecule has 0 N–H and O–H groups in total. The molecule has 0 saturated heterocycles. The number of hydrogen-bond acceptors (Lipinski definition) is 2. The Morgan fingerprint density at radius 1 is 0.463 bits per heavy atom. The molecule has 0 atom stereocenters. The van der Waals surface area contributed by atoms with Crippen LogP contribution in [0.15, 0.2) is 140 Å². The van der Waals surface area contributed by atoms with Gasteiger partial charge in [-0.15, -0.1) is 0 Å². The highest BCUT2D eigenvalue weighted by atomic mass is 15.1. The van der Waals surface area contributed by atoms with Crippen LogP contribution in [-0.4, -0.2) is 14.5 Å². The van der Waals surface area contributed by atoms with Gasteiger partial charge in [-0.05, 0) is 62.9 Å². The fraction of sp³-hybridized carbons (Fsp3) is 0. The van der Waals surface area contributed by atoms with E-state index in [-0.39, 0.29) is 0 Å². The van der Waals surface area contributed by atoms with E-state index in [2.05, 4.69) is 132 Å². The zero-order valence-electron chi connectivity index (χ0n) is 22.1. The summed E-state index contributed by atoms with van der Waals surface area (Å²) in [5.41, 5.74) is 11.5. The van der Waals surface area contributed by atoms with Crippen molar-refractivity contribution in [3.8, 4) is 50.6 Å². The lowest BCUT2D eigenvalue weighted by atomic mass is 9.92. The zero-order valence-corrected chi connectivity index (χ0v) is 22.1. The van der Waals surface area contributed by atoms with Gasteiger partial charge in [0, 0.05) is 28.1 Å². The van der Waals surface area contributed by atoms with E-state index in [9.17, 15) is 0 Å². The van der Waals surface area contributed by atoms with E-state index >= 15 is 0 Å². The summed E-state index contributed by atoms with van der Waals surface area (Å²) in [6.07, 6.45) is 2.24.